The number of benzene rings is 3. The van der Waals surface area contributed by atoms with Crippen LogP contribution < -0.4 is 4.74 Å². The molecule has 2 atom stereocenters. The minimum Gasteiger partial charge on any atom is -0.496 e. The zero-order valence-corrected chi connectivity index (χ0v) is 24.7. The Morgan fingerprint density at radius 1 is 1.00 bits per heavy atom. The summed E-state index contributed by atoms with van der Waals surface area (Å²) in [7, 11) is -1.29. The van der Waals surface area contributed by atoms with Crippen LogP contribution in [0.1, 0.15) is 37.8 Å². The molecule has 0 saturated carbocycles. The second-order valence-corrected chi connectivity index (χ2v) is 12.6. The molecule has 1 saturated heterocycles. The molecule has 0 aliphatic carbocycles. The standard InChI is InChI=1S/C28H24Cl2F4N2O5S/c1-35(26(37)16-5-9-25(41-2)20(10-16)28(32,33)34)24-14-36(13-19(24)15-4-7-21(29)22(30)11-15)27(38)18-12-17(42(3,39)40)6-8-23(18)31/h4-12,19,24H,13-14H2,1-3H3/t19-,24+/m0/s1. The average molecular weight is 647 g/mol. The Morgan fingerprint density at radius 3 is 2.29 bits per heavy atom. The summed E-state index contributed by atoms with van der Waals surface area (Å²) in [6, 6.07) is 9.72. The summed E-state index contributed by atoms with van der Waals surface area (Å²) in [6.07, 6.45) is -3.87. The number of hydrogen-bond donors (Lipinski definition) is 0. The van der Waals surface area contributed by atoms with E-state index in [0.29, 0.717) is 11.6 Å². The maximum absolute atomic E-state index is 14.7. The summed E-state index contributed by atoms with van der Waals surface area (Å²) in [5.74, 6) is -3.59. The van der Waals surface area contributed by atoms with Gasteiger partial charge in [-0.3, -0.25) is 9.59 Å². The van der Waals surface area contributed by atoms with E-state index in [0.717, 1.165) is 37.6 Å². The molecular weight excluding hydrogens is 623 g/mol. The van der Waals surface area contributed by atoms with Gasteiger partial charge in [0, 0.05) is 37.9 Å². The van der Waals surface area contributed by atoms with Gasteiger partial charge in [-0.2, -0.15) is 13.2 Å². The summed E-state index contributed by atoms with van der Waals surface area (Å²) in [5.41, 5.74) is -1.31. The van der Waals surface area contributed by atoms with Crippen LogP contribution >= 0.6 is 23.2 Å². The van der Waals surface area contributed by atoms with E-state index < -0.39 is 62.5 Å². The number of alkyl halides is 3. The predicted molar refractivity (Wildman–Crippen MR) is 148 cm³/mol. The van der Waals surface area contributed by atoms with Crippen LogP contribution in [0.5, 0.6) is 5.75 Å². The quantitative estimate of drug-likeness (QED) is 0.244. The third-order valence-corrected chi connectivity index (χ3v) is 8.96. The maximum atomic E-state index is 14.7. The largest absolute Gasteiger partial charge is 0.496 e. The van der Waals surface area contributed by atoms with Crippen LogP contribution in [0.4, 0.5) is 17.6 Å². The molecule has 42 heavy (non-hydrogen) atoms. The lowest BCUT2D eigenvalue weighted by Crippen LogP contribution is -2.42. The molecule has 0 bridgehead atoms. The molecule has 4 rings (SSSR count). The number of likely N-dealkylation sites (N-methyl/N-ethyl adjacent to an activating group) is 1. The number of sulfone groups is 1. The molecule has 1 aliphatic rings. The molecule has 0 radical (unpaired) electrons. The van der Waals surface area contributed by atoms with E-state index in [9.17, 15) is 35.6 Å². The van der Waals surface area contributed by atoms with Crippen molar-refractivity contribution in [3.63, 3.8) is 0 Å². The van der Waals surface area contributed by atoms with E-state index in [1.807, 2.05) is 0 Å². The molecule has 1 heterocycles. The number of hydrogen-bond acceptors (Lipinski definition) is 5. The Balaban J connectivity index is 1.73. The van der Waals surface area contributed by atoms with Gasteiger partial charge in [-0.25, -0.2) is 12.8 Å². The van der Waals surface area contributed by atoms with E-state index in [-0.39, 0.29) is 33.6 Å². The molecule has 14 heteroatoms. The highest BCUT2D eigenvalue weighted by Crippen LogP contribution is 2.38. The third-order valence-electron chi connectivity index (χ3n) is 7.11. The van der Waals surface area contributed by atoms with Gasteiger partial charge in [0.15, 0.2) is 9.84 Å². The van der Waals surface area contributed by atoms with Crippen molar-refractivity contribution in [1.82, 2.24) is 9.80 Å². The van der Waals surface area contributed by atoms with Gasteiger partial charge in [0.1, 0.15) is 11.6 Å². The summed E-state index contributed by atoms with van der Waals surface area (Å²) >= 11 is 12.3. The van der Waals surface area contributed by atoms with Crippen molar-refractivity contribution >= 4 is 44.9 Å². The maximum Gasteiger partial charge on any atom is 0.419 e. The summed E-state index contributed by atoms with van der Waals surface area (Å²) in [5, 5.41) is 0.452. The highest BCUT2D eigenvalue weighted by molar-refractivity contribution is 7.90. The Labute approximate surface area is 249 Å². The second kappa shape index (κ2) is 11.7. The number of halogens is 6. The molecule has 224 valence electrons. The van der Waals surface area contributed by atoms with Gasteiger partial charge in [-0.1, -0.05) is 29.3 Å². The first-order valence-electron chi connectivity index (χ1n) is 12.3. The highest BCUT2D eigenvalue weighted by Gasteiger charge is 2.42. The lowest BCUT2D eigenvalue weighted by atomic mass is 9.93. The predicted octanol–water partition coefficient (Wildman–Crippen LogP) is 5.94. The van der Waals surface area contributed by atoms with Crippen molar-refractivity contribution < 1.29 is 40.3 Å². The molecule has 0 aromatic heterocycles. The van der Waals surface area contributed by atoms with Gasteiger partial charge in [-0.05, 0) is 54.1 Å². The molecule has 1 fully saturated rings. The average Bonchev–Trinajstić information content (AvgIpc) is 3.37. The fourth-order valence-corrected chi connectivity index (χ4v) is 5.86. The number of likely N-dealkylation sites (tertiary alicyclic amines) is 1. The lowest BCUT2D eigenvalue weighted by Gasteiger charge is -2.29. The van der Waals surface area contributed by atoms with Gasteiger partial charge in [0.25, 0.3) is 11.8 Å². The van der Waals surface area contributed by atoms with Gasteiger partial charge in [0.2, 0.25) is 0 Å². The number of amides is 2. The van der Waals surface area contributed by atoms with Crippen LogP contribution in [0.2, 0.25) is 10.0 Å². The summed E-state index contributed by atoms with van der Waals surface area (Å²) < 4.78 is 84.5. The fourth-order valence-electron chi connectivity index (χ4n) is 4.90. The Hall–Kier alpha value is -3.35. The van der Waals surface area contributed by atoms with Gasteiger partial charge >= 0.3 is 6.18 Å². The highest BCUT2D eigenvalue weighted by atomic mass is 35.5. The second-order valence-electron chi connectivity index (χ2n) is 9.80. The van der Waals surface area contributed by atoms with Crippen LogP contribution in [0, 0.1) is 5.82 Å². The van der Waals surface area contributed by atoms with Crippen molar-refractivity contribution in [2.75, 3.05) is 33.5 Å². The minimum atomic E-state index is -4.79. The van der Waals surface area contributed by atoms with Crippen LogP contribution in [0.25, 0.3) is 0 Å². The van der Waals surface area contributed by atoms with Gasteiger partial charge in [-0.15, -0.1) is 0 Å². The fraction of sp³-hybridized carbons (Fsp3) is 0.286. The van der Waals surface area contributed by atoms with Crippen molar-refractivity contribution in [2.24, 2.45) is 0 Å². The Kier molecular flexibility index (Phi) is 8.82. The van der Waals surface area contributed by atoms with Crippen molar-refractivity contribution in [3.8, 4) is 5.75 Å². The van der Waals surface area contributed by atoms with E-state index >= 15 is 0 Å². The van der Waals surface area contributed by atoms with E-state index in [2.05, 4.69) is 0 Å². The number of rotatable bonds is 6. The number of nitrogens with zero attached hydrogens (tertiary/aromatic N) is 2. The molecule has 3 aromatic rings. The molecule has 0 unspecified atom stereocenters. The Morgan fingerprint density at radius 2 is 1.69 bits per heavy atom. The van der Waals surface area contributed by atoms with Crippen LogP contribution in [0.3, 0.4) is 0 Å². The normalized spacial score (nSPS) is 17.3. The van der Waals surface area contributed by atoms with Crippen LogP contribution in [0.15, 0.2) is 59.5 Å². The Bertz CT molecular complexity index is 1670. The monoisotopic (exact) mass is 646 g/mol. The van der Waals surface area contributed by atoms with Crippen molar-refractivity contribution in [1.29, 1.82) is 0 Å². The summed E-state index contributed by atoms with van der Waals surface area (Å²) in [6.45, 7) is -0.186. The van der Waals surface area contributed by atoms with E-state index in [1.165, 1.54) is 29.0 Å². The van der Waals surface area contributed by atoms with Crippen LogP contribution in [-0.2, 0) is 16.0 Å². The van der Waals surface area contributed by atoms with E-state index in [4.69, 9.17) is 27.9 Å². The molecular formula is C28H24Cl2F4N2O5S. The number of methoxy groups -OCH3 is 1. The van der Waals surface area contributed by atoms with E-state index in [1.54, 1.807) is 12.1 Å². The SMILES string of the molecule is COc1ccc(C(=O)N(C)[C@@H]2CN(C(=O)c3cc(S(C)(=O)=O)ccc3F)C[C@H]2c2ccc(Cl)c(Cl)c2)cc1C(F)(F)F. The summed E-state index contributed by atoms with van der Waals surface area (Å²) in [4.78, 5) is 29.2. The molecule has 1 aliphatic heterocycles. The topological polar surface area (TPSA) is 84.0 Å². The first-order valence-corrected chi connectivity index (χ1v) is 14.9. The van der Waals surface area contributed by atoms with Crippen molar-refractivity contribution in [2.45, 2.75) is 23.0 Å². The van der Waals surface area contributed by atoms with Gasteiger partial charge < -0.3 is 14.5 Å². The van der Waals surface area contributed by atoms with Crippen LogP contribution in [-0.4, -0.2) is 69.6 Å². The van der Waals surface area contributed by atoms with Gasteiger partial charge in [0.05, 0.1) is 39.2 Å². The third kappa shape index (κ3) is 6.35. The van der Waals surface area contributed by atoms with Crippen molar-refractivity contribution in [3.05, 3.63) is 92.7 Å². The zero-order chi connectivity index (χ0) is 31.1. The molecule has 2 amide bonds. The first-order chi connectivity index (χ1) is 19.5. The minimum absolute atomic E-state index is 0.0436. The molecule has 0 N–H and O–H groups in total. The number of carbonyl (C=O) groups excluding carboxylic acids is 2. The number of ether oxygens (including phenoxy) is 1. The molecule has 0 spiro atoms. The first kappa shape index (κ1) is 31.6. The lowest BCUT2D eigenvalue weighted by molar-refractivity contribution is -0.138. The number of carbonyl (C=O) groups is 2. The zero-order valence-electron chi connectivity index (χ0n) is 22.4. The molecule has 3 aromatic carbocycles. The smallest absolute Gasteiger partial charge is 0.419 e. The molecule has 7 nitrogen and oxygen atoms in total.